The molecule has 0 aliphatic heterocycles. The molecule has 0 radical (unpaired) electrons. The summed E-state index contributed by atoms with van der Waals surface area (Å²) in [4.78, 5) is 4.44. The smallest absolute Gasteiger partial charge is 0.132 e. The average molecular weight is 424 g/mol. The van der Waals surface area contributed by atoms with E-state index in [1.165, 1.54) is 82.6 Å². The summed E-state index contributed by atoms with van der Waals surface area (Å²) in [5, 5.41) is 0. The average Bonchev–Trinajstić information content (AvgIpc) is 2.81. The Morgan fingerprint density at radius 2 is 1.48 bits per heavy atom. The van der Waals surface area contributed by atoms with Crippen LogP contribution in [0.4, 0.5) is 4.39 Å². The molecule has 0 N–H and O–H groups in total. The zero-order valence-corrected chi connectivity index (χ0v) is 19.8. The molecule has 2 aromatic rings. The lowest BCUT2D eigenvalue weighted by atomic mass is 9.77. The van der Waals surface area contributed by atoms with E-state index in [0.717, 1.165) is 35.9 Å². The topological polar surface area (TPSA) is 12.9 Å². The van der Waals surface area contributed by atoms with Crippen molar-refractivity contribution in [3.05, 3.63) is 53.5 Å². The van der Waals surface area contributed by atoms with Gasteiger partial charge in [0, 0.05) is 11.8 Å². The maximum absolute atomic E-state index is 14.7. The van der Waals surface area contributed by atoms with Crippen molar-refractivity contribution in [2.75, 3.05) is 0 Å². The molecular formula is C29H42FN. The van der Waals surface area contributed by atoms with Crippen molar-refractivity contribution in [1.82, 2.24) is 4.98 Å². The molecule has 0 atom stereocenters. The third-order valence-electron chi connectivity index (χ3n) is 7.32. The highest BCUT2D eigenvalue weighted by Crippen LogP contribution is 2.34. The molecule has 0 amide bonds. The van der Waals surface area contributed by atoms with Gasteiger partial charge in [0.15, 0.2) is 0 Å². The van der Waals surface area contributed by atoms with Gasteiger partial charge in [0.2, 0.25) is 0 Å². The number of aryl methyl sites for hydroxylation is 2. The Bertz CT molecular complexity index is 759. The van der Waals surface area contributed by atoms with Gasteiger partial charge in [-0.15, -0.1) is 0 Å². The maximum Gasteiger partial charge on any atom is 0.132 e. The first-order chi connectivity index (χ1) is 15.2. The van der Waals surface area contributed by atoms with Crippen molar-refractivity contribution in [3.8, 4) is 11.3 Å². The number of hydrogen-bond donors (Lipinski definition) is 0. The van der Waals surface area contributed by atoms with Gasteiger partial charge in [0.1, 0.15) is 5.82 Å². The van der Waals surface area contributed by atoms with Crippen molar-refractivity contribution >= 4 is 0 Å². The van der Waals surface area contributed by atoms with Gasteiger partial charge in [-0.3, -0.25) is 4.98 Å². The van der Waals surface area contributed by atoms with Crippen LogP contribution >= 0.6 is 0 Å². The minimum atomic E-state index is -0.142. The second kappa shape index (κ2) is 13.0. The lowest BCUT2D eigenvalue weighted by Gasteiger charge is -2.28. The molecule has 1 aromatic carbocycles. The van der Waals surface area contributed by atoms with Gasteiger partial charge in [-0.1, -0.05) is 96.6 Å². The van der Waals surface area contributed by atoms with E-state index in [1.54, 1.807) is 6.07 Å². The molecule has 170 valence electrons. The third kappa shape index (κ3) is 7.74. The number of benzene rings is 1. The SMILES string of the molecule is CCCCCCCCC1CCC(CCc2ccc(-c3ccc(CC)cn3)c(F)c2)CC1. The summed E-state index contributed by atoms with van der Waals surface area (Å²) in [6.07, 6.45) is 20.5. The van der Waals surface area contributed by atoms with Crippen molar-refractivity contribution in [2.45, 2.75) is 104 Å². The van der Waals surface area contributed by atoms with E-state index in [0.29, 0.717) is 5.56 Å². The standard InChI is InChI=1S/C29H42FN/c1-3-5-6-7-8-9-10-24-11-13-25(14-12-24)15-16-26-17-19-27(28(30)21-26)29-20-18-23(4-2)22-31-29/h17-22,24-25H,3-16H2,1-2H3. The second-order valence-electron chi connectivity index (χ2n) is 9.70. The zero-order chi connectivity index (χ0) is 21.9. The highest BCUT2D eigenvalue weighted by molar-refractivity contribution is 5.60. The molecule has 0 bridgehead atoms. The molecule has 1 heterocycles. The van der Waals surface area contributed by atoms with E-state index in [-0.39, 0.29) is 5.82 Å². The Morgan fingerprint density at radius 1 is 0.806 bits per heavy atom. The van der Waals surface area contributed by atoms with Crippen LogP contribution in [0.2, 0.25) is 0 Å². The van der Waals surface area contributed by atoms with E-state index in [4.69, 9.17) is 0 Å². The van der Waals surface area contributed by atoms with E-state index in [2.05, 4.69) is 24.9 Å². The van der Waals surface area contributed by atoms with Crippen molar-refractivity contribution in [2.24, 2.45) is 11.8 Å². The Balaban J connectivity index is 1.38. The predicted molar refractivity (Wildman–Crippen MR) is 131 cm³/mol. The Labute approximate surface area is 189 Å². The minimum absolute atomic E-state index is 0.142. The number of hydrogen-bond acceptors (Lipinski definition) is 1. The molecule has 0 spiro atoms. The van der Waals surface area contributed by atoms with Crippen LogP contribution in [0, 0.1) is 17.7 Å². The molecule has 1 aromatic heterocycles. The fourth-order valence-corrected chi connectivity index (χ4v) is 5.11. The summed E-state index contributed by atoms with van der Waals surface area (Å²) in [5.74, 6) is 1.65. The van der Waals surface area contributed by atoms with Crippen LogP contribution in [0.25, 0.3) is 11.3 Å². The predicted octanol–water partition coefficient (Wildman–Crippen LogP) is 8.94. The van der Waals surface area contributed by atoms with Crippen LogP contribution in [-0.4, -0.2) is 4.98 Å². The van der Waals surface area contributed by atoms with Crippen LogP contribution in [0.5, 0.6) is 0 Å². The number of pyridine rings is 1. The molecule has 1 fully saturated rings. The zero-order valence-electron chi connectivity index (χ0n) is 19.8. The fourth-order valence-electron chi connectivity index (χ4n) is 5.11. The van der Waals surface area contributed by atoms with Gasteiger partial charge in [0.25, 0.3) is 0 Å². The number of rotatable bonds is 12. The quantitative estimate of drug-likeness (QED) is 0.310. The van der Waals surface area contributed by atoms with Crippen molar-refractivity contribution in [3.63, 3.8) is 0 Å². The summed E-state index contributed by atoms with van der Waals surface area (Å²) >= 11 is 0. The Morgan fingerprint density at radius 3 is 2.13 bits per heavy atom. The minimum Gasteiger partial charge on any atom is -0.256 e. The first-order valence-corrected chi connectivity index (χ1v) is 12.9. The number of aromatic nitrogens is 1. The Kier molecular flexibility index (Phi) is 10.0. The lowest BCUT2D eigenvalue weighted by molar-refractivity contribution is 0.248. The maximum atomic E-state index is 14.7. The summed E-state index contributed by atoms with van der Waals surface area (Å²) in [6.45, 7) is 4.39. The molecule has 1 saturated carbocycles. The van der Waals surface area contributed by atoms with Gasteiger partial charge >= 0.3 is 0 Å². The number of halogens is 1. The van der Waals surface area contributed by atoms with Crippen molar-refractivity contribution in [1.29, 1.82) is 0 Å². The normalized spacial score (nSPS) is 18.9. The van der Waals surface area contributed by atoms with E-state index in [1.807, 2.05) is 24.4 Å². The van der Waals surface area contributed by atoms with Crippen LogP contribution < -0.4 is 0 Å². The third-order valence-corrected chi connectivity index (χ3v) is 7.32. The number of unbranched alkanes of at least 4 members (excludes halogenated alkanes) is 5. The molecule has 2 heteroatoms. The second-order valence-corrected chi connectivity index (χ2v) is 9.70. The fraction of sp³-hybridized carbons (Fsp3) is 0.621. The van der Waals surface area contributed by atoms with Gasteiger partial charge in [0.05, 0.1) is 5.69 Å². The van der Waals surface area contributed by atoms with E-state index in [9.17, 15) is 4.39 Å². The van der Waals surface area contributed by atoms with E-state index >= 15 is 0 Å². The van der Waals surface area contributed by atoms with E-state index < -0.39 is 0 Å². The highest BCUT2D eigenvalue weighted by Gasteiger charge is 2.21. The molecule has 1 aliphatic rings. The first kappa shape index (κ1) is 24.0. The van der Waals surface area contributed by atoms with Gasteiger partial charge in [-0.25, -0.2) is 4.39 Å². The van der Waals surface area contributed by atoms with Gasteiger partial charge < -0.3 is 0 Å². The van der Waals surface area contributed by atoms with Crippen LogP contribution in [0.1, 0.15) is 102 Å². The molecular weight excluding hydrogens is 381 g/mol. The molecule has 0 saturated heterocycles. The lowest BCUT2D eigenvalue weighted by Crippen LogP contribution is -2.15. The Hall–Kier alpha value is -1.70. The van der Waals surface area contributed by atoms with Crippen LogP contribution in [0.15, 0.2) is 36.5 Å². The molecule has 1 nitrogen and oxygen atoms in total. The van der Waals surface area contributed by atoms with Crippen molar-refractivity contribution < 1.29 is 4.39 Å². The summed E-state index contributed by atoms with van der Waals surface area (Å²) in [5.41, 5.74) is 3.65. The summed E-state index contributed by atoms with van der Waals surface area (Å²) in [6, 6.07) is 9.71. The van der Waals surface area contributed by atoms with Gasteiger partial charge in [-0.05, 0) is 60.4 Å². The molecule has 31 heavy (non-hydrogen) atoms. The largest absolute Gasteiger partial charge is 0.256 e. The number of nitrogens with zero attached hydrogens (tertiary/aromatic N) is 1. The summed E-state index contributed by atoms with van der Waals surface area (Å²) in [7, 11) is 0. The molecule has 3 rings (SSSR count). The van der Waals surface area contributed by atoms with Crippen LogP contribution in [-0.2, 0) is 12.8 Å². The van der Waals surface area contributed by atoms with Crippen LogP contribution in [0.3, 0.4) is 0 Å². The first-order valence-electron chi connectivity index (χ1n) is 12.9. The summed E-state index contributed by atoms with van der Waals surface area (Å²) < 4.78 is 14.7. The highest BCUT2D eigenvalue weighted by atomic mass is 19.1. The molecule has 1 aliphatic carbocycles. The monoisotopic (exact) mass is 423 g/mol. The van der Waals surface area contributed by atoms with Gasteiger partial charge in [-0.2, -0.15) is 0 Å². The molecule has 0 unspecified atom stereocenters.